The molecular formula is C26H21F3N6O. The lowest BCUT2D eigenvalue weighted by Gasteiger charge is -2.13. The van der Waals surface area contributed by atoms with Crippen molar-refractivity contribution in [3.63, 3.8) is 0 Å². The molecule has 0 spiro atoms. The van der Waals surface area contributed by atoms with Crippen LogP contribution in [0.4, 0.5) is 24.9 Å². The van der Waals surface area contributed by atoms with Crippen molar-refractivity contribution >= 4 is 22.7 Å². The summed E-state index contributed by atoms with van der Waals surface area (Å²) in [5.41, 5.74) is 7.96. The molecule has 5 rings (SSSR count). The second-order valence-electron chi connectivity index (χ2n) is 8.00. The molecule has 7 nitrogen and oxygen atoms in total. The van der Waals surface area contributed by atoms with Gasteiger partial charge in [0.25, 0.3) is 0 Å². The number of halogens is 3. The molecule has 182 valence electrons. The largest absolute Gasteiger partial charge is 0.494 e. The van der Waals surface area contributed by atoms with Crippen molar-refractivity contribution < 1.29 is 17.9 Å². The van der Waals surface area contributed by atoms with Crippen LogP contribution in [0.15, 0.2) is 79.0 Å². The van der Waals surface area contributed by atoms with E-state index in [4.69, 9.17) is 15.5 Å². The summed E-state index contributed by atoms with van der Waals surface area (Å²) < 4.78 is 45.8. The van der Waals surface area contributed by atoms with Crippen LogP contribution in [0.3, 0.4) is 0 Å². The minimum Gasteiger partial charge on any atom is -0.494 e. The molecule has 3 N–H and O–H groups in total. The maximum atomic E-state index is 12.9. The lowest BCUT2D eigenvalue weighted by atomic mass is 10.1. The third-order valence-electron chi connectivity index (χ3n) is 5.66. The highest BCUT2D eigenvalue weighted by Crippen LogP contribution is 2.32. The molecule has 5 aromatic rings. The van der Waals surface area contributed by atoms with Gasteiger partial charge in [0.15, 0.2) is 0 Å². The Morgan fingerprint density at radius 1 is 0.917 bits per heavy atom. The van der Waals surface area contributed by atoms with Crippen LogP contribution >= 0.6 is 0 Å². The van der Waals surface area contributed by atoms with Crippen LogP contribution in [0.2, 0.25) is 0 Å². The molecule has 0 atom stereocenters. The van der Waals surface area contributed by atoms with Crippen molar-refractivity contribution in [2.45, 2.75) is 12.7 Å². The number of ether oxygens (including phenoxy) is 1. The Labute approximate surface area is 204 Å². The van der Waals surface area contributed by atoms with Gasteiger partial charge in [-0.2, -0.15) is 18.2 Å². The zero-order valence-electron chi connectivity index (χ0n) is 19.1. The van der Waals surface area contributed by atoms with E-state index in [2.05, 4.69) is 15.3 Å². The summed E-state index contributed by atoms with van der Waals surface area (Å²) in [6.45, 7) is 0.528. The van der Waals surface area contributed by atoms with Gasteiger partial charge in [0.05, 0.1) is 18.4 Å². The van der Waals surface area contributed by atoms with E-state index in [1.54, 1.807) is 19.4 Å². The number of nitrogens with zero attached hydrogens (tertiary/aromatic N) is 4. The van der Waals surface area contributed by atoms with Crippen LogP contribution in [-0.4, -0.2) is 26.6 Å². The molecule has 0 radical (unpaired) electrons. The molecule has 0 saturated heterocycles. The Morgan fingerprint density at radius 3 is 2.36 bits per heavy atom. The average molecular weight is 490 g/mol. The van der Waals surface area contributed by atoms with Crippen LogP contribution in [0.25, 0.3) is 28.1 Å². The summed E-state index contributed by atoms with van der Waals surface area (Å²) in [4.78, 5) is 13.7. The normalized spacial score (nSPS) is 11.6. The number of rotatable bonds is 6. The number of nitrogens with two attached hydrogens (primary N) is 1. The molecule has 0 aliphatic carbocycles. The highest BCUT2D eigenvalue weighted by Gasteiger charge is 2.30. The number of benzene rings is 3. The van der Waals surface area contributed by atoms with E-state index in [0.29, 0.717) is 34.9 Å². The van der Waals surface area contributed by atoms with Crippen molar-refractivity contribution in [3.05, 3.63) is 90.1 Å². The third-order valence-corrected chi connectivity index (χ3v) is 5.66. The van der Waals surface area contributed by atoms with Gasteiger partial charge >= 0.3 is 6.18 Å². The van der Waals surface area contributed by atoms with E-state index in [9.17, 15) is 13.2 Å². The maximum Gasteiger partial charge on any atom is 0.416 e. The van der Waals surface area contributed by atoms with Crippen molar-refractivity contribution in [1.82, 2.24) is 19.5 Å². The van der Waals surface area contributed by atoms with E-state index in [1.807, 2.05) is 42.5 Å². The number of imidazole rings is 1. The number of nitrogen functional groups attached to an aromatic ring is 1. The third kappa shape index (κ3) is 4.52. The van der Waals surface area contributed by atoms with Gasteiger partial charge in [-0.25, -0.2) is 9.97 Å². The molecular weight excluding hydrogens is 469 g/mol. The molecule has 0 saturated carbocycles. The van der Waals surface area contributed by atoms with Gasteiger partial charge in [-0.05, 0) is 29.8 Å². The lowest BCUT2D eigenvalue weighted by molar-refractivity contribution is -0.137. The topological polar surface area (TPSA) is 90.9 Å². The van der Waals surface area contributed by atoms with Gasteiger partial charge in [-0.15, -0.1) is 0 Å². The van der Waals surface area contributed by atoms with Gasteiger partial charge in [0, 0.05) is 23.7 Å². The van der Waals surface area contributed by atoms with Crippen LogP contribution in [0.5, 0.6) is 5.75 Å². The molecule has 0 fully saturated rings. The van der Waals surface area contributed by atoms with E-state index in [0.717, 1.165) is 23.1 Å². The number of hydrogen-bond donors (Lipinski definition) is 2. The smallest absolute Gasteiger partial charge is 0.416 e. The fraction of sp³-hybridized carbons (Fsp3) is 0.115. The van der Waals surface area contributed by atoms with Crippen molar-refractivity contribution in [3.8, 4) is 23.0 Å². The number of aromatic nitrogens is 4. The summed E-state index contributed by atoms with van der Waals surface area (Å²) in [6.07, 6.45) is -2.83. The Morgan fingerprint density at radius 2 is 1.67 bits per heavy atom. The predicted octanol–water partition coefficient (Wildman–Crippen LogP) is 5.70. The second-order valence-corrected chi connectivity index (χ2v) is 8.00. The highest BCUT2D eigenvalue weighted by atomic mass is 19.4. The second kappa shape index (κ2) is 9.21. The molecule has 0 unspecified atom stereocenters. The molecule has 2 aromatic heterocycles. The van der Waals surface area contributed by atoms with Gasteiger partial charge in [0.1, 0.15) is 17.1 Å². The van der Waals surface area contributed by atoms with E-state index in [1.165, 1.54) is 16.7 Å². The summed E-state index contributed by atoms with van der Waals surface area (Å²) in [5.74, 6) is 1.46. The highest BCUT2D eigenvalue weighted by molar-refractivity contribution is 5.93. The van der Waals surface area contributed by atoms with Gasteiger partial charge in [-0.3, -0.25) is 4.57 Å². The number of fused-ring (bicyclic) bond motifs is 1. The van der Waals surface area contributed by atoms with E-state index in [-0.39, 0.29) is 11.9 Å². The van der Waals surface area contributed by atoms with Crippen LogP contribution in [0.1, 0.15) is 11.1 Å². The molecule has 36 heavy (non-hydrogen) atoms. The number of anilines is 2. The quantitative estimate of drug-likeness (QED) is 0.317. The predicted molar refractivity (Wildman–Crippen MR) is 132 cm³/mol. The monoisotopic (exact) mass is 490 g/mol. The van der Waals surface area contributed by atoms with E-state index < -0.39 is 11.7 Å². The van der Waals surface area contributed by atoms with Crippen LogP contribution < -0.4 is 15.8 Å². The fourth-order valence-electron chi connectivity index (χ4n) is 3.83. The SMILES string of the molecule is COc1cccc2c(NCc3ccccc3)nc(-n3cc(-c4ccc(C(F)(F)F)cc4)nc3N)nc12. The van der Waals surface area contributed by atoms with Gasteiger partial charge < -0.3 is 15.8 Å². The summed E-state index contributed by atoms with van der Waals surface area (Å²) >= 11 is 0. The van der Waals surface area contributed by atoms with Crippen LogP contribution in [-0.2, 0) is 12.7 Å². The first kappa shape index (κ1) is 23.2. The molecule has 0 aliphatic heterocycles. The summed E-state index contributed by atoms with van der Waals surface area (Å²) in [5, 5.41) is 4.12. The van der Waals surface area contributed by atoms with Crippen molar-refractivity contribution in [1.29, 1.82) is 0 Å². The number of nitrogens with one attached hydrogen (secondary N) is 1. The Kier molecular flexibility index (Phi) is 5.93. The zero-order valence-corrected chi connectivity index (χ0v) is 19.1. The summed E-state index contributed by atoms with van der Waals surface area (Å²) in [7, 11) is 1.56. The Hall–Kier alpha value is -4.60. The maximum absolute atomic E-state index is 12.9. The standard InChI is InChI=1S/C26H21F3N6O/c1-36-21-9-5-8-19-22(21)33-25(34-23(19)31-14-16-6-3-2-4-7-16)35-15-20(32-24(35)30)17-10-12-18(13-11-17)26(27,28)29/h2-13,15H,14H2,1H3,(H2,30,32)(H,31,33,34). The molecule has 3 aromatic carbocycles. The Balaban J connectivity index is 1.56. The molecule has 0 amide bonds. The average Bonchev–Trinajstić information content (AvgIpc) is 3.28. The van der Waals surface area contributed by atoms with Gasteiger partial charge in [-0.1, -0.05) is 48.5 Å². The molecule has 10 heteroatoms. The van der Waals surface area contributed by atoms with E-state index >= 15 is 0 Å². The first-order chi connectivity index (χ1) is 17.3. The van der Waals surface area contributed by atoms with Crippen molar-refractivity contribution in [2.75, 3.05) is 18.2 Å². The van der Waals surface area contributed by atoms with Crippen LogP contribution in [0, 0.1) is 0 Å². The number of methoxy groups -OCH3 is 1. The number of hydrogen-bond acceptors (Lipinski definition) is 6. The lowest BCUT2D eigenvalue weighted by Crippen LogP contribution is -2.09. The van der Waals surface area contributed by atoms with Crippen molar-refractivity contribution in [2.24, 2.45) is 0 Å². The van der Waals surface area contributed by atoms with Gasteiger partial charge in [0.2, 0.25) is 11.9 Å². The Bertz CT molecular complexity index is 1520. The molecule has 0 bridgehead atoms. The first-order valence-corrected chi connectivity index (χ1v) is 11.0. The molecule has 2 heterocycles. The zero-order chi connectivity index (χ0) is 25.3. The minimum absolute atomic E-state index is 0.0909. The first-order valence-electron chi connectivity index (χ1n) is 11.0. The molecule has 0 aliphatic rings. The minimum atomic E-state index is -4.42. The number of para-hydroxylation sites is 1. The fourth-order valence-corrected chi connectivity index (χ4v) is 3.83. The summed E-state index contributed by atoms with van der Waals surface area (Å²) in [6, 6.07) is 20.1. The number of alkyl halides is 3.